The van der Waals surface area contributed by atoms with Gasteiger partial charge in [0.2, 0.25) is 10.0 Å². The van der Waals surface area contributed by atoms with Crippen LogP contribution in [0, 0.1) is 18.3 Å². The number of hydrogen-bond acceptors (Lipinski definition) is 6. The van der Waals surface area contributed by atoms with E-state index in [-0.39, 0.29) is 17.2 Å². The number of piperidine rings is 1. The summed E-state index contributed by atoms with van der Waals surface area (Å²) < 4.78 is 30.9. The van der Waals surface area contributed by atoms with Crippen molar-refractivity contribution in [2.45, 2.75) is 37.0 Å². The Hall–Kier alpha value is -2.77. The lowest BCUT2D eigenvalue weighted by atomic mass is 9.89. The van der Waals surface area contributed by atoms with Gasteiger partial charge in [-0.3, -0.25) is 4.68 Å². The van der Waals surface area contributed by atoms with Gasteiger partial charge in [-0.2, -0.15) is 19.8 Å². The first kappa shape index (κ1) is 18.6. The normalized spacial score (nSPS) is 16.5. The van der Waals surface area contributed by atoms with Crippen LogP contribution in [0.3, 0.4) is 0 Å². The molecule has 1 saturated heterocycles. The third-order valence-electron chi connectivity index (χ3n) is 5.44. The van der Waals surface area contributed by atoms with Gasteiger partial charge in [0.05, 0.1) is 24.4 Å². The monoisotopic (exact) mass is 399 g/mol. The number of pyridine rings is 1. The number of nitriles is 1. The summed E-state index contributed by atoms with van der Waals surface area (Å²) >= 11 is 0. The van der Waals surface area contributed by atoms with E-state index in [2.05, 4.69) is 22.1 Å². The Bertz CT molecular complexity index is 1160. The Labute approximate surface area is 163 Å². The fraction of sp³-hybridized carbons (Fsp3) is 0.444. The Morgan fingerprint density at radius 1 is 1.29 bits per heavy atom. The van der Waals surface area contributed by atoms with Crippen molar-refractivity contribution in [3.8, 4) is 6.07 Å². The second-order valence-corrected chi connectivity index (χ2v) is 8.97. The molecule has 4 rings (SSSR count). The van der Waals surface area contributed by atoms with Crippen molar-refractivity contribution in [3.05, 3.63) is 41.6 Å². The van der Waals surface area contributed by atoms with E-state index in [0.29, 0.717) is 18.8 Å². The average molecular weight is 399 g/mol. The molecule has 1 fully saturated rings. The van der Waals surface area contributed by atoms with Gasteiger partial charge in [0.25, 0.3) is 0 Å². The van der Waals surface area contributed by atoms with Crippen LogP contribution in [0.15, 0.2) is 29.7 Å². The highest BCUT2D eigenvalue weighted by atomic mass is 32.2. The maximum Gasteiger partial charge on any atom is 0.246 e. The molecule has 9 nitrogen and oxygen atoms in total. The van der Waals surface area contributed by atoms with Crippen molar-refractivity contribution < 1.29 is 8.42 Å². The van der Waals surface area contributed by atoms with Crippen molar-refractivity contribution in [1.29, 1.82) is 5.26 Å². The van der Waals surface area contributed by atoms with Crippen molar-refractivity contribution >= 4 is 15.7 Å². The summed E-state index contributed by atoms with van der Waals surface area (Å²) in [6, 6.07) is 4.03. The van der Waals surface area contributed by atoms with Gasteiger partial charge in [0.15, 0.2) is 5.65 Å². The quantitative estimate of drug-likeness (QED) is 0.656. The molecular formula is C18H21N7O2S. The molecule has 146 valence electrons. The zero-order chi connectivity index (χ0) is 19.9. The Morgan fingerprint density at radius 2 is 2.04 bits per heavy atom. The first-order chi connectivity index (χ1) is 13.4. The van der Waals surface area contributed by atoms with E-state index >= 15 is 0 Å². The molecule has 0 N–H and O–H groups in total. The minimum Gasteiger partial charge on any atom is -0.270 e. The first-order valence-electron chi connectivity index (χ1n) is 9.09. The summed E-state index contributed by atoms with van der Waals surface area (Å²) in [5, 5.41) is 17.2. The summed E-state index contributed by atoms with van der Waals surface area (Å²) in [6.07, 6.45) is 6.34. The zero-order valence-corrected chi connectivity index (χ0v) is 16.6. The molecule has 0 aliphatic carbocycles. The molecule has 0 atom stereocenters. The summed E-state index contributed by atoms with van der Waals surface area (Å²) in [5.41, 5.74) is 3.56. The summed E-state index contributed by atoms with van der Waals surface area (Å²) in [4.78, 5) is 4.34. The Kier molecular flexibility index (Phi) is 4.64. The van der Waals surface area contributed by atoms with E-state index in [1.807, 2.05) is 18.3 Å². The highest BCUT2D eigenvalue weighted by molar-refractivity contribution is 7.89. The standard InChI is InChI=1S/C18H21N7O2S/c1-13-9-18-20-12-22-25(18)11-15(13)14-4-7-24(8-5-14)28(26,27)17-10-21-23(2)16(17)3-6-19/h9-12,14H,3-5,7-8H2,1-2H3. The number of nitrogens with zero attached hydrogens (tertiary/aromatic N) is 7. The second kappa shape index (κ2) is 7.00. The highest BCUT2D eigenvalue weighted by Gasteiger charge is 2.33. The summed E-state index contributed by atoms with van der Waals surface area (Å²) in [6.45, 7) is 2.92. The maximum absolute atomic E-state index is 13.1. The predicted molar refractivity (Wildman–Crippen MR) is 101 cm³/mol. The fourth-order valence-corrected chi connectivity index (χ4v) is 5.53. The molecule has 0 aromatic carbocycles. The average Bonchev–Trinajstić information content (AvgIpc) is 3.28. The third-order valence-corrected chi connectivity index (χ3v) is 7.39. The van der Waals surface area contributed by atoms with Gasteiger partial charge in [-0.15, -0.1) is 0 Å². The highest BCUT2D eigenvalue weighted by Crippen LogP contribution is 2.33. The van der Waals surface area contributed by atoms with Gasteiger partial charge in [-0.25, -0.2) is 17.9 Å². The van der Waals surface area contributed by atoms with Crippen LogP contribution in [-0.2, 0) is 23.5 Å². The maximum atomic E-state index is 13.1. The summed E-state index contributed by atoms with van der Waals surface area (Å²) in [7, 11) is -2.01. The Balaban J connectivity index is 1.55. The largest absolute Gasteiger partial charge is 0.270 e. The molecule has 0 unspecified atom stereocenters. The number of hydrogen-bond donors (Lipinski definition) is 0. The van der Waals surface area contributed by atoms with Gasteiger partial charge in [0.1, 0.15) is 11.2 Å². The smallest absolute Gasteiger partial charge is 0.246 e. The van der Waals surface area contributed by atoms with E-state index in [0.717, 1.165) is 24.1 Å². The van der Waals surface area contributed by atoms with Crippen LogP contribution >= 0.6 is 0 Å². The van der Waals surface area contributed by atoms with Crippen molar-refractivity contribution in [2.24, 2.45) is 7.05 Å². The van der Waals surface area contributed by atoms with Crippen LogP contribution in [0.25, 0.3) is 5.65 Å². The summed E-state index contributed by atoms with van der Waals surface area (Å²) in [5.74, 6) is 0.271. The lowest BCUT2D eigenvalue weighted by Gasteiger charge is -2.32. The molecule has 3 aromatic heterocycles. The van der Waals surface area contributed by atoms with Crippen LogP contribution in [0.2, 0.25) is 0 Å². The molecule has 1 aliphatic heterocycles. The molecular weight excluding hydrogens is 378 g/mol. The molecule has 1 aliphatic rings. The van der Waals surface area contributed by atoms with Crippen LogP contribution in [-0.4, -0.2) is 50.2 Å². The molecule has 0 saturated carbocycles. The fourth-order valence-electron chi connectivity index (χ4n) is 3.88. The van der Waals surface area contributed by atoms with Crippen LogP contribution in [0.5, 0.6) is 0 Å². The van der Waals surface area contributed by atoms with Gasteiger partial charge < -0.3 is 0 Å². The van der Waals surface area contributed by atoms with Gasteiger partial charge in [-0.05, 0) is 42.9 Å². The van der Waals surface area contributed by atoms with Crippen LogP contribution < -0.4 is 0 Å². The molecule has 28 heavy (non-hydrogen) atoms. The van der Waals surface area contributed by atoms with Gasteiger partial charge >= 0.3 is 0 Å². The number of fused-ring (bicyclic) bond motifs is 1. The topological polar surface area (TPSA) is 109 Å². The third kappa shape index (κ3) is 3.06. The lowest BCUT2D eigenvalue weighted by Crippen LogP contribution is -2.38. The number of sulfonamides is 1. The number of rotatable bonds is 4. The molecule has 10 heteroatoms. The van der Waals surface area contributed by atoms with E-state index in [1.54, 1.807) is 11.6 Å². The Morgan fingerprint density at radius 3 is 2.75 bits per heavy atom. The molecule has 0 spiro atoms. The number of aryl methyl sites for hydroxylation is 2. The van der Waals surface area contributed by atoms with E-state index in [9.17, 15) is 8.42 Å². The van der Waals surface area contributed by atoms with Crippen LogP contribution in [0.4, 0.5) is 0 Å². The molecule has 4 heterocycles. The zero-order valence-electron chi connectivity index (χ0n) is 15.8. The molecule has 0 bridgehead atoms. The van der Waals surface area contributed by atoms with Crippen LogP contribution in [0.1, 0.15) is 35.6 Å². The first-order valence-corrected chi connectivity index (χ1v) is 10.5. The van der Waals surface area contributed by atoms with Crippen molar-refractivity contribution in [1.82, 2.24) is 28.7 Å². The second-order valence-electron chi connectivity index (χ2n) is 7.07. The van der Waals surface area contributed by atoms with Crippen molar-refractivity contribution in [2.75, 3.05) is 13.1 Å². The van der Waals surface area contributed by atoms with Crippen molar-refractivity contribution in [3.63, 3.8) is 0 Å². The molecule has 0 radical (unpaired) electrons. The van der Waals surface area contributed by atoms with E-state index in [1.165, 1.54) is 27.1 Å². The molecule has 3 aromatic rings. The van der Waals surface area contributed by atoms with E-state index < -0.39 is 10.0 Å². The lowest BCUT2D eigenvalue weighted by molar-refractivity contribution is 0.318. The van der Waals surface area contributed by atoms with Gasteiger partial charge in [0, 0.05) is 26.3 Å². The molecule has 0 amide bonds. The number of aromatic nitrogens is 5. The predicted octanol–water partition coefficient (Wildman–Crippen LogP) is 1.41. The van der Waals surface area contributed by atoms with E-state index in [4.69, 9.17) is 5.26 Å². The minimum absolute atomic E-state index is 0.0125. The SMILES string of the molecule is Cc1cc2ncnn2cc1C1CCN(S(=O)(=O)c2cnn(C)c2CC#N)CC1. The van der Waals surface area contributed by atoms with Gasteiger partial charge in [-0.1, -0.05) is 0 Å². The minimum atomic E-state index is -3.66.